The molecule has 0 heterocycles. The van der Waals surface area contributed by atoms with E-state index in [-0.39, 0.29) is 24.0 Å². The molecule has 2 aliphatic rings. The lowest BCUT2D eigenvalue weighted by molar-refractivity contribution is 0.144. The zero-order chi connectivity index (χ0) is 15.8. The number of ether oxygens (including phenoxy) is 1. The Morgan fingerprint density at radius 3 is 2.39 bits per heavy atom. The standard InChI is InChI=1S/C17H34N4O.HI/c1-14-4-6-15(7-5-14)20-17(18-2)19-10-11-21(12-13-22-3)16-8-9-16;/h14-16H,4-13H2,1-3H3,(H2,18,19,20);1H. The molecule has 5 nitrogen and oxygen atoms in total. The van der Waals surface area contributed by atoms with Crippen LogP contribution in [0.15, 0.2) is 4.99 Å². The van der Waals surface area contributed by atoms with Crippen LogP contribution in [0.3, 0.4) is 0 Å². The Kier molecular flexibility index (Phi) is 10.5. The van der Waals surface area contributed by atoms with Gasteiger partial charge in [0.05, 0.1) is 6.61 Å². The second-order valence-electron chi connectivity index (χ2n) is 6.86. The number of nitrogens with one attached hydrogen (secondary N) is 2. The second-order valence-corrected chi connectivity index (χ2v) is 6.86. The van der Waals surface area contributed by atoms with Gasteiger partial charge in [0, 0.05) is 45.9 Å². The lowest BCUT2D eigenvalue weighted by atomic mass is 9.87. The Morgan fingerprint density at radius 1 is 1.13 bits per heavy atom. The van der Waals surface area contributed by atoms with E-state index in [2.05, 4.69) is 27.4 Å². The second kappa shape index (κ2) is 11.5. The van der Waals surface area contributed by atoms with Gasteiger partial charge in [-0.2, -0.15) is 0 Å². The van der Waals surface area contributed by atoms with Gasteiger partial charge in [0.15, 0.2) is 5.96 Å². The number of methoxy groups -OCH3 is 1. The summed E-state index contributed by atoms with van der Waals surface area (Å²) in [6.45, 7) is 6.23. The SMILES string of the molecule is CN=C(NCCN(CCOC)C1CC1)NC1CCC(C)CC1.I. The van der Waals surface area contributed by atoms with Gasteiger partial charge in [0.25, 0.3) is 0 Å². The molecule has 2 rings (SSSR count). The smallest absolute Gasteiger partial charge is 0.191 e. The fraction of sp³-hybridized carbons (Fsp3) is 0.941. The van der Waals surface area contributed by atoms with Gasteiger partial charge in [-0.1, -0.05) is 6.92 Å². The van der Waals surface area contributed by atoms with E-state index in [9.17, 15) is 0 Å². The van der Waals surface area contributed by atoms with E-state index < -0.39 is 0 Å². The van der Waals surface area contributed by atoms with E-state index in [4.69, 9.17) is 4.74 Å². The molecule has 0 aromatic rings. The molecule has 136 valence electrons. The Morgan fingerprint density at radius 2 is 1.83 bits per heavy atom. The van der Waals surface area contributed by atoms with Crippen molar-refractivity contribution < 1.29 is 4.74 Å². The van der Waals surface area contributed by atoms with Crippen LogP contribution in [-0.4, -0.2) is 63.3 Å². The van der Waals surface area contributed by atoms with Crippen LogP contribution in [0.4, 0.5) is 0 Å². The minimum absolute atomic E-state index is 0. The Hall–Kier alpha value is -0.0800. The van der Waals surface area contributed by atoms with Crippen LogP contribution in [0.2, 0.25) is 0 Å². The third-order valence-electron chi connectivity index (χ3n) is 4.92. The lowest BCUT2D eigenvalue weighted by Crippen LogP contribution is -2.47. The molecule has 0 atom stereocenters. The summed E-state index contributed by atoms with van der Waals surface area (Å²) >= 11 is 0. The van der Waals surface area contributed by atoms with Crippen LogP contribution in [-0.2, 0) is 4.74 Å². The van der Waals surface area contributed by atoms with Crippen molar-refractivity contribution in [1.82, 2.24) is 15.5 Å². The first-order valence-electron chi connectivity index (χ1n) is 8.93. The summed E-state index contributed by atoms with van der Waals surface area (Å²) in [6.07, 6.45) is 7.89. The van der Waals surface area contributed by atoms with Crippen molar-refractivity contribution >= 4 is 29.9 Å². The zero-order valence-corrected chi connectivity index (χ0v) is 17.3. The van der Waals surface area contributed by atoms with Crippen LogP contribution in [0.25, 0.3) is 0 Å². The molecule has 6 heteroatoms. The van der Waals surface area contributed by atoms with E-state index in [1.54, 1.807) is 7.11 Å². The van der Waals surface area contributed by atoms with E-state index in [0.29, 0.717) is 6.04 Å². The molecule has 0 aromatic carbocycles. The Labute approximate surface area is 159 Å². The number of nitrogens with zero attached hydrogens (tertiary/aromatic N) is 2. The summed E-state index contributed by atoms with van der Waals surface area (Å²) in [5.41, 5.74) is 0. The van der Waals surface area contributed by atoms with E-state index >= 15 is 0 Å². The average molecular weight is 438 g/mol. The number of halogens is 1. The number of guanidine groups is 1. The Bertz CT molecular complexity index is 341. The molecule has 2 fully saturated rings. The van der Waals surface area contributed by atoms with Crippen molar-refractivity contribution in [1.29, 1.82) is 0 Å². The predicted molar refractivity (Wildman–Crippen MR) is 108 cm³/mol. The molecule has 0 aliphatic heterocycles. The van der Waals surface area contributed by atoms with Crippen LogP contribution >= 0.6 is 24.0 Å². The topological polar surface area (TPSA) is 48.9 Å². The van der Waals surface area contributed by atoms with Gasteiger partial charge < -0.3 is 15.4 Å². The maximum absolute atomic E-state index is 5.21. The highest BCUT2D eigenvalue weighted by Crippen LogP contribution is 2.26. The molecule has 0 bridgehead atoms. The van der Waals surface area contributed by atoms with Crippen LogP contribution in [0.1, 0.15) is 45.4 Å². The summed E-state index contributed by atoms with van der Waals surface area (Å²) in [5.74, 6) is 1.85. The van der Waals surface area contributed by atoms with E-state index in [0.717, 1.165) is 44.2 Å². The zero-order valence-electron chi connectivity index (χ0n) is 15.0. The first-order valence-corrected chi connectivity index (χ1v) is 8.93. The highest BCUT2D eigenvalue weighted by atomic mass is 127. The van der Waals surface area contributed by atoms with Crippen LogP contribution in [0.5, 0.6) is 0 Å². The summed E-state index contributed by atoms with van der Waals surface area (Å²) in [6, 6.07) is 1.38. The molecule has 2 saturated carbocycles. The van der Waals surface area contributed by atoms with Crippen molar-refractivity contribution in [3.8, 4) is 0 Å². The number of hydrogen-bond acceptors (Lipinski definition) is 3. The minimum Gasteiger partial charge on any atom is -0.383 e. The summed E-state index contributed by atoms with van der Waals surface area (Å²) in [7, 11) is 3.64. The molecule has 0 radical (unpaired) electrons. The van der Waals surface area contributed by atoms with Crippen molar-refractivity contribution in [2.75, 3.05) is 40.4 Å². The third kappa shape index (κ3) is 8.03. The van der Waals surface area contributed by atoms with E-state index in [1.165, 1.54) is 38.5 Å². The summed E-state index contributed by atoms with van der Waals surface area (Å²) < 4.78 is 5.21. The van der Waals surface area contributed by atoms with Crippen molar-refractivity contribution in [2.45, 2.75) is 57.5 Å². The van der Waals surface area contributed by atoms with Crippen molar-refractivity contribution in [2.24, 2.45) is 10.9 Å². The van der Waals surface area contributed by atoms with Gasteiger partial charge >= 0.3 is 0 Å². The summed E-state index contributed by atoms with van der Waals surface area (Å²) in [5, 5.41) is 7.06. The number of aliphatic imine (C=N–C) groups is 1. The van der Waals surface area contributed by atoms with Gasteiger partial charge in [-0.05, 0) is 44.4 Å². The first kappa shape index (κ1) is 21.0. The molecule has 2 aliphatic carbocycles. The minimum atomic E-state index is 0. The van der Waals surface area contributed by atoms with Gasteiger partial charge in [-0.15, -0.1) is 24.0 Å². The molecule has 0 saturated heterocycles. The fourth-order valence-corrected chi connectivity index (χ4v) is 3.24. The fourth-order valence-electron chi connectivity index (χ4n) is 3.24. The highest BCUT2D eigenvalue weighted by Gasteiger charge is 2.28. The lowest BCUT2D eigenvalue weighted by Gasteiger charge is -2.28. The predicted octanol–water partition coefficient (Wildman–Crippen LogP) is 2.46. The molecule has 0 amide bonds. The highest BCUT2D eigenvalue weighted by molar-refractivity contribution is 14.0. The van der Waals surface area contributed by atoms with Gasteiger partial charge in [0.2, 0.25) is 0 Å². The summed E-state index contributed by atoms with van der Waals surface area (Å²) in [4.78, 5) is 6.91. The molecular weight excluding hydrogens is 403 g/mol. The molecule has 23 heavy (non-hydrogen) atoms. The first-order chi connectivity index (χ1) is 10.7. The average Bonchev–Trinajstić information content (AvgIpc) is 3.36. The maximum atomic E-state index is 5.21. The van der Waals surface area contributed by atoms with Crippen LogP contribution < -0.4 is 10.6 Å². The van der Waals surface area contributed by atoms with Gasteiger partial charge in [0.1, 0.15) is 0 Å². The molecular formula is C17H35IN4O. The largest absolute Gasteiger partial charge is 0.383 e. The Balaban J connectivity index is 0.00000264. The van der Waals surface area contributed by atoms with E-state index in [1.807, 2.05) is 7.05 Å². The van der Waals surface area contributed by atoms with Gasteiger partial charge in [-0.3, -0.25) is 9.89 Å². The molecule has 0 unspecified atom stereocenters. The van der Waals surface area contributed by atoms with Crippen molar-refractivity contribution in [3.05, 3.63) is 0 Å². The number of rotatable bonds is 8. The molecule has 0 spiro atoms. The van der Waals surface area contributed by atoms with Crippen molar-refractivity contribution in [3.63, 3.8) is 0 Å². The number of hydrogen-bond donors (Lipinski definition) is 2. The molecule has 0 aromatic heterocycles. The molecule has 2 N–H and O–H groups in total. The third-order valence-corrected chi connectivity index (χ3v) is 4.92. The van der Waals surface area contributed by atoms with Crippen LogP contribution in [0, 0.1) is 5.92 Å². The quantitative estimate of drug-likeness (QED) is 0.347. The maximum Gasteiger partial charge on any atom is 0.191 e. The monoisotopic (exact) mass is 438 g/mol. The normalized spacial score (nSPS) is 25.1. The van der Waals surface area contributed by atoms with Gasteiger partial charge in [-0.25, -0.2) is 0 Å².